The van der Waals surface area contributed by atoms with Crippen molar-refractivity contribution in [3.8, 4) is 5.75 Å². The third-order valence-corrected chi connectivity index (χ3v) is 5.40. The molecule has 150 valence electrons. The molecular formula is C22H19N5O3. The molecule has 30 heavy (non-hydrogen) atoms. The summed E-state index contributed by atoms with van der Waals surface area (Å²) in [5, 5.41) is 0. The van der Waals surface area contributed by atoms with Gasteiger partial charge in [-0.3, -0.25) is 14.6 Å². The number of likely N-dealkylation sites (tertiary alicyclic amines) is 1. The highest BCUT2D eigenvalue weighted by Gasteiger charge is 2.45. The van der Waals surface area contributed by atoms with Gasteiger partial charge < -0.3 is 14.5 Å². The molecule has 0 N–H and O–H groups in total. The van der Waals surface area contributed by atoms with E-state index in [1.807, 2.05) is 36.4 Å². The largest absolute Gasteiger partial charge is 0.486 e. The maximum Gasteiger partial charge on any atom is 0.257 e. The van der Waals surface area contributed by atoms with E-state index in [-0.39, 0.29) is 17.9 Å². The molecule has 8 nitrogen and oxygen atoms in total. The number of hydrogen-bond donors (Lipinski definition) is 0. The van der Waals surface area contributed by atoms with Crippen molar-refractivity contribution < 1.29 is 14.3 Å². The van der Waals surface area contributed by atoms with Gasteiger partial charge in [0, 0.05) is 31.2 Å². The van der Waals surface area contributed by atoms with Gasteiger partial charge in [-0.05, 0) is 23.8 Å². The fourth-order valence-electron chi connectivity index (χ4n) is 4.01. The monoisotopic (exact) mass is 401 g/mol. The lowest BCUT2D eigenvalue weighted by atomic mass is 10.1. The van der Waals surface area contributed by atoms with Crippen LogP contribution in [-0.4, -0.2) is 50.4 Å². The number of aromatic nitrogens is 3. The average molecular weight is 401 g/mol. The quantitative estimate of drug-likeness (QED) is 0.668. The standard InChI is InChI=1S/C22H19N5O3/c28-21(16-10-24-14-25-11-16)27-13-17-8-19(27)22(29)26(12-15-4-3-7-23-9-15)18-5-1-2-6-20(18)30-17/h1-7,9-11,14,17,19H,8,12-13H2. The fraction of sp³-hybridized carbons (Fsp3) is 0.227. The second-order valence-electron chi connectivity index (χ2n) is 7.33. The first-order valence-corrected chi connectivity index (χ1v) is 9.72. The number of nitrogens with zero attached hydrogens (tertiary/aromatic N) is 5. The van der Waals surface area contributed by atoms with Crippen molar-refractivity contribution >= 4 is 17.5 Å². The van der Waals surface area contributed by atoms with Crippen LogP contribution in [0.3, 0.4) is 0 Å². The molecule has 1 aromatic carbocycles. The van der Waals surface area contributed by atoms with E-state index in [9.17, 15) is 9.59 Å². The average Bonchev–Trinajstić information content (AvgIpc) is 3.22. The maximum absolute atomic E-state index is 13.7. The number of carbonyl (C=O) groups excluding carboxylic acids is 2. The Labute approximate surface area is 173 Å². The van der Waals surface area contributed by atoms with E-state index < -0.39 is 6.04 Å². The summed E-state index contributed by atoms with van der Waals surface area (Å²) >= 11 is 0. The van der Waals surface area contributed by atoms with Crippen molar-refractivity contribution in [1.29, 1.82) is 0 Å². The van der Waals surface area contributed by atoms with Gasteiger partial charge >= 0.3 is 0 Å². The molecule has 0 radical (unpaired) electrons. The summed E-state index contributed by atoms with van der Waals surface area (Å²) in [4.78, 5) is 42.1. The van der Waals surface area contributed by atoms with E-state index in [0.717, 1.165) is 5.56 Å². The number of rotatable bonds is 3. The van der Waals surface area contributed by atoms with Gasteiger partial charge in [-0.2, -0.15) is 0 Å². The Bertz CT molecular complexity index is 1080. The first-order valence-electron chi connectivity index (χ1n) is 9.72. The lowest BCUT2D eigenvalue weighted by Gasteiger charge is -2.31. The van der Waals surface area contributed by atoms with Crippen LogP contribution in [0.15, 0.2) is 67.5 Å². The van der Waals surface area contributed by atoms with Crippen LogP contribution < -0.4 is 9.64 Å². The molecule has 0 spiro atoms. The van der Waals surface area contributed by atoms with Gasteiger partial charge in [0.1, 0.15) is 24.2 Å². The molecule has 8 heteroatoms. The van der Waals surface area contributed by atoms with E-state index >= 15 is 0 Å². The second kappa shape index (κ2) is 7.55. The molecule has 0 saturated carbocycles. The van der Waals surface area contributed by atoms with E-state index in [0.29, 0.717) is 36.5 Å². The number of carbonyl (C=O) groups is 2. The SMILES string of the molecule is O=C1C2CC(CN2C(=O)c2cncnc2)Oc2ccccc2N1Cc1cccnc1. The molecule has 2 unspecified atom stereocenters. The topological polar surface area (TPSA) is 88.5 Å². The minimum Gasteiger partial charge on any atom is -0.486 e. The van der Waals surface area contributed by atoms with E-state index in [1.165, 1.54) is 18.7 Å². The number of amides is 2. The zero-order valence-electron chi connectivity index (χ0n) is 16.1. The minimum absolute atomic E-state index is 0.137. The minimum atomic E-state index is -0.618. The fourth-order valence-corrected chi connectivity index (χ4v) is 4.01. The maximum atomic E-state index is 13.7. The van der Waals surface area contributed by atoms with Crippen molar-refractivity contribution in [2.75, 3.05) is 11.4 Å². The molecule has 1 saturated heterocycles. The Balaban J connectivity index is 1.53. The number of pyridine rings is 1. The predicted molar refractivity (Wildman–Crippen MR) is 108 cm³/mol. The van der Waals surface area contributed by atoms with Gasteiger partial charge in [-0.1, -0.05) is 18.2 Å². The smallest absolute Gasteiger partial charge is 0.257 e. The molecule has 2 atom stereocenters. The Morgan fingerprint density at radius 1 is 1.07 bits per heavy atom. The van der Waals surface area contributed by atoms with Crippen LogP contribution in [0.1, 0.15) is 22.3 Å². The second-order valence-corrected chi connectivity index (χ2v) is 7.33. The lowest BCUT2D eigenvalue weighted by Crippen LogP contribution is -2.48. The van der Waals surface area contributed by atoms with Crippen molar-refractivity contribution in [2.45, 2.75) is 25.1 Å². The van der Waals surface area contributed by atoms with Gasteiger partial charge in [-0.15, -0.1) is 0 Å². The zero-order chi connectivity index (χ0) is 20.5. The summed E-state index contributed by atoms with van der Waals surface area (Å²) in [6.07, 6.45) is 7.91. The number of benzene rings is 1. The van der Waals surface area contributed by atoms with Gasteiger partial charge in [0.05, 0.1) is 24.3 Å². The van der Waals surface area contributed by atoms with Gasteiger partial charge in [0.15, 0.2) is 0 Å². The normalized spacial score (nSPS) is 20.2. The van der Waals surface area contributed by atoms with Crippen LogP contribution in [0.5, 0.6) is 5.75 Å². The number of para-hydroxylation sites is 2. The summed E-state index contributed by atoms with van der Waals surface area (Å²) < 4.78 is 6.23. The Hall–Kier alpha value is -3.81. The summed E-state index contributed by atoms with van der Waals surface area (Å²) in [7, 11) is 0. The third kappa shape index (κ3) is 3.26. The summed E-state index contributed by atoms with van der Waals surface area (Å²) in [6.45, 7) is 0.671. The van der Waals surface area contributed by atoms with Crippen molar-refractivity contribution in [2.24, 2.45) is 0 Å². The summed E-state index contributed by atoms with van der Waals surface area (Å²) in [6, 6.07) is 10.6. The zero-order valence-corrected chi connectivity index (χ0v) is 16.1. The number of anilines is 1. The van der Waals surface area contributed by atoms with Crippen LogP contribution in [0.2, 0.25) is 0 Å². The molecule has 2 aliphatic rings. The van der Waals surface area contributed by atoms with Gasteiger partial charge in [-0.25, -0.2) is 9.97 Å². The number of hydrogen-bond acceptors (Lipinski definition) is 6. The molecule has 2 aromatic heterocycles. The lowest BCUT2D eigenvalue weighted by molar-refractivity contribution is -0.122. The molecule has 0 aliphatic carbocycles. The van der Waals surface area contributed by atoms with Gasteiger partial charge in [0.2, 0.25) is 5.91 Å². The van der Waals surface area contributed by atoms with E-state index in [2.05, 4.69) is 15.0 Å². The van der Waals surface area contributed by atoms with E-state index in [1.54, 1.807) is 22.2 Å². The van der Waals surface area contributed by atoms with Crippen LogP contribution in [0.25, 0.3) is 0 Å². The van der Waals surface area contributed by atoms with E-state index in [4.69, 9.17) is 4.74 Å². The molecule has 2 bridgehead atoms. The van der Waals surface area contributed by atoms with Crippen LogP contribution in [0, 0.1) is 0 Å². The first-order chi connectivity index (χ1) is 14.7. The summed E-state index contributed by atoms with van der Waals surface area (Å²) in [5.41, 5.74) is 1.94. The van der Waals surface area contributed by atoms with Crippen LogP contribution in [0.4, 0.5) is 5.69 Å². The molecule has 1 fully saturated rings. The highest BCUT2D eigenvalue weighted by molar-refractivity contribution is 6.03. The predicted octanol–water partition coefficient (Wildman–Crippen LogP) is 2.08. The summed E-state index contributed by atoms with van der Waals surface area (Å²) in [5.74, 6) is 0.227. The Morgan fingerprint density at radius 2 is 1.90 bits per heavy atom. The van der Waals surface area contributed by atoms with Crippen LogP contribution in [-0.2, 0) is 11.3 Å². The van der Waals surface area contributed by atoms with Crippen molar-refractivity contribution in [3.63, 3.8) is 0 Å². The highest BCUT2D eigenvalue weighted by atomic mass is 16.5. The molecular weight excluding hydrogens is 382 g/mol. The first kappa shape index (κ1) is 18.2. The molecule has 4 heterocycles. The molecule has 2 amide bonds. The van der Waals surface area contributed by atoms with Crippen LogP contribution >= 0.6 is 0 Å². The van der Waals surface area contributed by atoms with Crippen molar-refractivity contribution in [1.82, 2.24) is 19.9 Å². The highest BCUT2D eigenvalue weighted by Crippen LogP contribution is 2.37. The number of ether oxygens (including phenoxy) is 1. The third-order valence-electron chi connectivity index (χ3n) is 5.40. The molecule has 2 aliphatic heterocycles. The molecule has 3 aromatic rings. The Kier molecular flexibility index (Phi) is 4.59. The van der Waals surface area contributed by atoms with Gasteiger partial charge in [0.25, 0.3) is 5.91 Å². The molecule has 5 rings (SSSR count). The van der Waals surface area contributed by atoms with Crippen molar-refractivity contribution in [3.05, 3.63) is 78.6 Å². The number of fused-ring (bicyclic) bond motifs is 3. The Morgan fingerprint density at radius 3 is 2.70 bits per heavy atom.